The zero-order valence-corrected chi connectivity index (χ0v) is 11.5. The maximum absolute atomic E-state index is 12.0. The summed E-state index contributed by atoms with van der Waals surface area (Å²) in [5, 5.41) is 12.7. The topological polar surface area (TPSA) is 86.7 Å². The lowest BCUT2D eigenvalue weighted by molar-refractivity contribution is -0.137. The van der Waals surface area contributed by atoms with Crippen LogP contribution in [-0.2, 0) is 9.59 Å². The number of thiophene rings is 1. The first-order valence-electron chi connectivity index (χ1n) is 5.82. The summed E-state index contributed by atoms with van der Waals surface area (Å²) in [7, 11) is 1.39. The maximum Gasteiger partial charge on any atom is 0.252 e. The third-order valence-electron chi connectivity index (χ3n) is 2.84. The molecule has 2 heterocycles. The van der Waals surface area contributed by atoms with Gasteiger partial charge >= 0.3 is 0 Å². The van der Waals surface area contributed by atoms with Gasteiger partial charge < -0.3 is 10.4 Å². The van der Waals surface area contributed by atoms with Gasteiger partial charge in [-0.25, -0.2) is 0 Å². The number of aliphatic hydroxyl groups excluding tert-OH is 1. The van der Waals surface area contributed by atoms with Gasteiger partial charge in [-0.2, -0.15) is 0 Å². The van der Waals surface area contributed by atoms with Crippen molar-refractivity contribution in [3.8, 4) is 11.8 Å². The summed E-state index contributed by atoms with van der Waals surface area (Å²) in [5.41, 5.74) is 0.382. The Balaban J connectivity index is 2.04. The van der Waals surface area contributed by atoms with E-state index in [1.807, 2.05) is 0 Å². The van der Waals surface area contributed by atoms with E-state index in [2.05, 4.69) is 17.2 Å². The number of carbonyl (C=O) groups excluding carboxylic acids is 3. The Morgan fingerprint density at radius 2 is 2.35 bits per heavy atom. The standard InChI is InChI=1S/C13H12N2O4S/c1-15-11(17)6-10(13(15)19)14-12(18)8-5-9(20-7-8)3-2-4-16/h5,7,10,16H,4,6H2,1H3,(H,14,18). The van der Waals surface area contributed by atoms with E-state index in [-0.39, 0.29) is 18.9 Å². The summed E-state index contributed by atoms with van der Waals surface area (Å²) >= 11 is 1.27. The average Bonchev–Trinajstić information content (AvgIpc) is 2.99. The average molecular weight is 292 g/mol. The molecule has 104 valence electrons. The number of nitrogens with one attached hydrogen (secondary N) is 1. The highest BCUT2D eigenvalue weighted by molar-refractivity contribution is 7.10. The molecule has 0 bridgehead atoms. The van der Waals surface area contributed by atoms with Gasteiger partial charge in [-0.15, -0.1) is 11.3 Å². The molecule has 0 radical (unpaired) electrons. The number of nitrogens with zero attached hydrogens (tertiary/aromatic N) is 1. The molecule has 1 aliphatic rings. The van der Waals surface area contributed by atoms with Gasteiger partial charge in [-0.1, -0.05) is 11.8 Å². The van der Waals surface area contributed by atoms with Gasteiger partial charge in [-0.3, -0.25) is 19.3 Å². The molecule has 1 saturated heterocycles. The van der Waals surface area contributed by atoms with Gasteiger partial charge in [0, 0.05) is 12.4 Å². The van der Waals surface area contributed by atoms with E-state index in [0.29, 0.717) is 10.4 Å². The van der Waals surface area contributed by atoms with Gasteiger partial charge in [-0.05, 0) is 6.07 Å². The molecule has 1 atom stereocenters. The van der Waals surface area contributed by atoms with E-state index in [0.717, 1.165) is 4.90 Å². The summed E-state index contributed by atoms with van der Waals surface area (Å²) in [6.45, 7) is -0.246. The molecule has 7 heteroatoms. The van der Waals surface area contributed by atoms with Crippen LogP contribution in [0.5, 0.6) is 0 Å². The Kier molecular flexibility index (Phi) is 4.17. The smallest absolute Gasteiger partial charge is 0.252 e. The molecule has 0 aromatic carbocycles. The number of aliphatic hydroxyl groups is 1. The van der Waals surface area contributed by atoms with E-state index < -0.39 is 17.9 Å². The lowest BCUT2D eigenvalue weighted by Gasteiger charge is -2.10. The Labute approximate surface area is 119 Å². The number of rotatable bonds is 2. The molecule has 2 rings (SSSR count). The van der Waals surface area contributed by atoms with Crippen LogP contribution in [0.4, 0.5) is 0 Å². The van der Waals surface area contributed by atoms with Crippen LogP contribution in [-0.4, -0.2) is 47.4 Å². The summed E-state index contributed by atoms with van der Waals surface area (Å²) < 4.78 is 0. The molecule has 1 aliphatic heterocycles. The van der Waals surface area contributed by atoms with Crippen molar-refractivity contribution in [3.63, 3.8) is 0 Å². The van der Waals surface area contributed by atoms with Gasteiger partial charge in [0.1, 0.15) is 12.6 Å². The second kappa shape index (κ2) is 5.86. The van der Waals surface area contributed by atoms with E-state index in [4.69, 9.17) is 5.11 Å². The van der Waals surface area contributed by atoms with Crippen LogP contribution >= 0.6 is 11.3 Å². The lowest BCUT2D eigenvalue weighted by atomic mass is 10.2. The highest BCUT2D eigenvalue weighted by Gasteiger charge is 2.37. The van der Waals surface area contributed by atoms with Gasteiger partial charge in [0.15, 0.2) is 0 Å². The third-order valence-corrected chi connectivity index (χ3v) is 3.68. The molecule has 2 N–H and O–H groups in total. The largest absolute Gasteiger partial charge is 0.384 e. The van der Waals surface area contributed by atoms with Gasteiger partial charge in [0.25, 0.3) is 11.8 Å². The van der Waals surface area contributed by atoms with Crippen LogP contribution in [0.3, 0.4) is 0 Å². The number of amides is 3. The van der Waals surface area contributed by atoms with Crippen molar-refractivity contribution >= 4 is 29.1 Å². The third kappa shape index (κ3) is 2.87. The Morgan fingerprint density at radius 1 is 1.60 bits per heavy atom. The fourth-order valence-corrected chi connectivity index (χ4v) is 2.51. The summed E-state index contributed by atoms with van der Waals surface area (Å²) in [5.74, 6) is 4.06. The number of hydrogen-bond acceptors (Lipinski definition) is 5. The van der Waals surface area contributed by atoms with E-state index in [1.165, 1.54) is 18.4 Å². The fourth-order valence-electron chi connectivity index (χ4n) is 1.76. The molecule has 20 heavy (non-hydrogen) atoms. The predicted molar refractivity (Wildman–Crippen MR) is 71.9 cm³/mol. The minimum absolute atomic E-state index is 0.0115. The highest BCUT2D eigenvalue weighted by atomic mass is 32.1. The minimum Gasteiger partial charge on any atom is -0.384 e. The molecule has 0 saturated carbocycles. The number of likely N-dealkylation sites (tertiary alicyclic amines) is 1. The monoisotopic (exact) mass is 292 g/mol. The zero-order valence-electron chi connectivity index (χ0n) is 10.7. The Morgan fingerprint density at radius 3 is 2.95 bits per heavy atom. The summed E-state index contributed by atoms with van der Waals surface area (Å²) in [4.78, 5) is 36.6. The number of likely N-dealkylation sites (N-methyl/N-ethyl adjacent to an activating group) is 1. The first kappa shape index (κ1) is 14.2. The van der Waals surface area contributed by atoms with Crippen molar-refractivity contribution in [2.24, 2.45) is 0 Å². The van der Waals surface area contributed by atoms with Gasteiger partial charge in [0.2, 0.25) is 5.91 Å². The van der Waals surface area contributed by atoms with Crippen molar-refractivity contribution in [1.82, 2.24) is 10.2 Å². The first-order valence-corrected chi connectivity index (χ1v) is 6.70. The van der Waals surface area contributed by atoms with Crippen molar-refractivity contribution in [2.75, 3.05) is 13.7 Å². The molecule has 1 aromatic rings. The van der Waals surface area contributed by atoms with Crippen molar-refractivity contribution < 1.29 is 19.5 Å². The van der Waals surface area contributed by atoms with E-state index in [9.17, 15) is 14.4 Å². The Bertz CT molecular complexity index is 626. The summed E-state index contributed by atoms with van der Waals surface area (Å²) in [6.07, 6.45) is -0.0115. The molecular weight excluding hydrogens is 280 g/mol. The molecule has 0 aliphatic carbocycles. The van der Waals surface area contributed by atoms with Gasteiger partial charge in [0.05, 0.1) is 16.9 Å². The number of imide groups is 1. The van der Waals surface area contributed by atoms with E-state index >= 15 is 0 Å². The van der Waals surface area contributed by atoms with Crippen molar-refractivity contribution in [2.45, 2.75) is 12.5 Å². The molecule has 1 unspecified atom stereocenters. The number of carbonyl (C=O) groups is 3. The predicted octanol–water partition coefficient (Wildman–Crippen LogP) is -0.421. The lowest BCUT2D eigenvalue weighted by Crippen LogP contribution is -2.40. The molecule has 6 nitrogen and oxygen atoms in total. The van der Waals surface area contributed by atoms with Crippen LogP contribution in [0.1, 0.15) is 21.7 Å². The molecular formula is C13H12N2O4S. The second-order valence-electron chi connectivity index (χ2n) is 4.18. The molecule has 0 spiro atoms. The molecule has 1 fully saturated rings. The minimum atomic E-state index is -0.799. The van der Waals surface area contributed by atoms with Crippen LogP contribution in [0.15, 0.2) is 11.4 Å². The molecule has 1 aromatic heterocycles. The SMILES string of the molecule is CN1C(=O)CC(NC(=O)c2csc(C#CCO)c2)C1=O. The zero-order chi connectivity index (χ0) is 14.7. The van der Waals surface area contributed by atoms with Crippen LogP contribution in [0, 0.1) is 11.8 Å². The summed E-state index contributed by atoms with van der Waals surface area (Å²) in [6, 6.07) is 0.778. The van der Waals surface area contributed by atoms with E-state index in [1.54, 1.807) is 11.4 Å². The fraction of sp³-hybridized carbons (Fsp3) is 0.308. The van der Waals surface area contributed by atoms with Crippen LogP contribution in [0.2, 0.25) is 0 Å². The Hall–Kier alpha value is -2.17. The highest BCUT2D eigenvalue weighted by Crippen LogP contribution is 2.15. The van der Waals surface area contributed by atoms with Crippen LogP contribution in [0.25, 0.3) is 0 Å². The first-order chi connectivity index (χ1) is 9.52. The maximum atomic E-state index is 12.0. The number of hydrogen-bond donors (Lipinski definition) is 2. The van der Waals surface area contributed by atoms with Crippen molar-refractivity contribution in [1.29, 1.82) is 0 Å². The van der Waals surface area contributed by atoms with Crippen molar-refractivity contribution in [3.05, 3.63) is 21.9 Å². The normalized spacial score (nSPS) is 17.9. The second-order valence-corrected chi connectivity index (χ2v) is 5.09. The van der Waals surface area contributed by atoms with Crippen LogP contribution < -0.4 is 5.32 Å². The molecule has 3 amide bonds. The quantitative estimate of drug-likeness (QED) is 0.572.